The van der Waals surface area contributed by atoms with Gasteiger partial charge in [-0.3, -0.25) is 0 Å². The number of rotatable bonds is 6. The minimum atomic E-state index is 0.00905. The predicted molar refractivity (Wildman–Crippen MR) is 313 cm³/mol. The number of fused-ring (bicyclic) bond motifs is 6. The number of aryl methyl sites for hydroxylation is 2. The van der Waals surface area contributed by atoms with E-state index < -0.39 is 0 Å². The molecule has 362 valence electrons. The van der Waals surface area contributed by atoms with Gasteiger partial charge in [0.2, 0.25) is 0 Å². The van der Waals surface area contributed by atoms with Crippen molar-refractivity contribution in [3.8, 4) is 22.3 Å². The van der Waals surface area contributed by atoms with Crippen molar-refractivity contribution in [2.75, 3.05) is 9.80 Å². The molecule has 2 bridgehead atoms. The minimum Gasteiger partial charge on any atom is -0.309 e. The van der Waals surface area contributed by atoms with Crippen LogP contribution in [0.3, 0.4) is 0 Å². The predicted octanol–water partition coefficient (Wildman–Crippen LogP) is 20.8. The van der Waals surface area contributed by atoms with Gasteiger partial charge in [0.25, 0.3) is 0 Å². The van der Waals surface area contributed by atoms with Gasteiger partial charge in [0, 0.05) is 34.0 Å². The molecule has 2 saturated carbocycles. The van der Waals surface area contributed by atoms with E-state index in [1.54, 1.807) is 0 Å². The van der Waals surface area contributed by atoms with Crippen LogP contribution >= 0.6 is 0 Å². The summed E-state index contributed by atoms with van der Waals surface area (Å²) in [5.41, 5.74) is 21.9. The normalized spacial score (nSPS) is 15.8. The molecule has 0 N–H and O–H groups in total. The van der Waals surface area contributed by atoms with E-state index >= 15 is 0 Å². The summed E-state index contributed by atoms with van der Waals surface area (Å²) >= 11 is 0. The zero-order valence-electron chi connectivity index (χ0n) is 43.6. The Morgan fingerprint density at radius 3 is 1.32 bits per heavy atom. The Kier molecular flexibility index (Phi) is 11.5. The molecule has 2 nitrogen and oxygen atoms in total. The molecule has 0 aromatic heterocycles. The lowest BCUT2D eigenvalue weighted by molar-refractivity contribution is 0.443. The molecule has 2 fully saturated rings. The van der Waals surface area contributed by atoms with Gasteiger partial charge in [0.15, 0.2) is 0 Å². The molecular weight excluding hydrogens is 881 g/mol. The Morgan fingerprint density at radius 1 is 0.397 bits per heavy atom. The standard InChI is InChI=1S/C71H68N2/c1-46-18-12-14-28-61(46)52-30-32-54-38-55-33-31-53(62-29-15-13-19-47(62)2)44-66(55)73(60-27-17-25-51(42-60)49-22-10-7-11-23-49)68-45-67(72(65(54)43-52)59-26-16-24-50(41-59)48-20-8-6-9-21-48)63-36-34-56-39-58(71(3,4)5)40-57-35-37-64(68)70(63)69(56)57/h12-19,24-37,39-45,48-49H,6-11,20-23,38H2,1-5H3. The maximum atomic E-state index is 2.68. The third-order valence-electron chi connectivity index (χ3n) is 17.4. The van der Waals surface area contributed by atoms with Gasteiger partial charge in [0.1, 0.15) is 0 Å². The van der Waals surface area contributed by atoms with Crippen molar-refractivity contribution in [1.29, 1.82) is 0 Å². The van der Waals surface area contributed by atoms with Crippen molar-refractivity contribution < 1.29 is 0 Å². The Labute approximate surface area is 433 Å². The molecule has 0 saturated heterocycles. The summed E-state index contributed by atoms with van der Waals surface area (Å²) in [6.07, 6.45) is 13.7. The van der Waals surface area contributed by atoms with Crippen molar-refractivity contribution >= 4 is 66.4 Å². The maximum absolute atomic E-state index is 2.68. The first-order chi connectivity index (χ1) is 35.6. The second-order valence-electron chi connectivity index (χ2n) is 23.1. The van der Waals surface area contributed by atoms with Crippen molar-refractivity contribution in [3.05, 3.63) is 215 Å². The molecule has 3 aliphatic rings. The number of nitrogens with zero attached hydrogens (tertiary/aromatic N) is 2. The Hall–Kier alpha value is -7.16. The lowest BCUT2D eigenvalue weighted by Crippen LogP contribution is -2.19. The smallest absolute Gasteiger partial charge is 0.0561 e. The second-order valence-corrected chi connectivity index (χ2v) is 23.1. The lowest BCUT2D eigenvalue weighted by atomic mass is 9.82. The van der Waals surface area contributed by atoms with Crippen LogP contribution < -0.4 is 9.80 Å². The van der Waals surface area contributed by atoms with E-state index in [-0.39, 0.29) is 5.41 Å². The third-order valence-corrected chi connectivity index (χ3v) is 17.4. The molecule has 13 rings (SSSR count). The number of hydrogen-bond donors (Lipinski definition) is 0. The van der Waals surface area contributed by atoms with Gasteiger partial charge >= 0.3 is 0 Å². The molecule has 1 heterocycles. The molecule has 73 heavy (non-hydrogen) atoms. The number of benzene rings is 10. The Morgan fingerprint density at radius 2 is 0.863 bits per heavy atom. The topological polar surface area (TPSA) is 6.48 Å². The van der Waals surface area contributed by atoms with Crippen molar-refractivity contribution in [2.45, 2.75) is 122 Å². The summed E-state index contributed by atoms with van der Waals surface area (Å²) in [5, 5.41) is 7.84. The van der Waals surface area contributed by atoms with Crippen LogP contribution in [0.15, 0.2) is 176 Å². The fourth-order valence-electron chi connectivity index (χ4n) is 13.4. The van der Waals surface area contributed by atoms with Gasteiger partial charge < -0.3 is 9.80 Å². The van der Waals surface area contributed by atoms with E-state index in [2.05, 4.69) is 220 Å². The molecule has 0 unspecified atom stereocenters. The van der Waals surface area contributed by atoms with Crippen LogP contribution in [-0.4, -0.2) is 0 Å². The molecule has 0 spiro atoms. The van der Waals surface area contributed by atoms with Gasteiger partial charge in [0.05, 0.1) is 22.7 Å². The summed E-state index contributed by atoms with van der Waals surface area (Å²) in [6, 6.07) is 69.3. The van der Waals surface area contributed by atoms with Gasteiger partial charge in [-0.05, 0) is 177 Å². The SMILES string of the molecule is Cc1ccccc1-c1ccc2c(c1)N(c1cccc(C3CCCCC3)c1)c1cc(c3ccc4cc(C(C)(C)C)cc5ccc1c3c54)N(c1cccc(C3CCCCC3)c1)c1cc(-c3ccccc3C)ccc1C2. The summed E-state index contributed by atoms with van der Waals surface area (Å²) in [6.45, 7) is 11.5. The molecule has 10 aromatic rings. The zero-order valence-corrected chi connectivity index (χ0v) is 43.6. The summed E-state index contributed by atoms with van der Waals surface area (Å²) in [5.74, 6) is 1.14. The highest BCUT2D eigenvalue weighted by Crippen LogP contribution is 2.54. The average Bonchev–Trinajstić information content (AvgIpc) is 3.42. The molecule has 2 aliphatic carbocycles. The highest BCUT2D eigenvalue weighted by Gasteiger charge is 2.31. The Balaban J connectivity index is 1.18. The number of anilines is 6. The third kappa shape index (κ3) is 8.19. The van der Waals surface area contributed by atoms with E-state index in [0.29, 0.717) is 11.8 Å². The van der Waals surface area contributed by atoms with E-state index in [1.165, 1.54) is 192 Å². The van der Waals surface area contributed by atoms with Crippen LogP contribution in [0.1, 0.15) is 136 Å². The van der Waals surface area contributed by atoms with Gasteiger partial charge in [-0.2, -0.15) is 0 Å². The summed E-state index contributed by atoms with van der Waals surface area (Å²) in [7, 11) is 0. The number of hydrogen-bond acceptors (Lipinski definition) is 2. The van der Waals surface area contributed by atoms with Crippen LogP contribution in [0.5, 0.6) is 0 Å². The van der Waals surface area contributed by atoms with E-state index in [9.17, 15) is 0 Å². The second kappa shape index (κ2) is 18.4. The Bertz CT molecular complexity index is 3480. The largest absolute Gasteiger partial charge is 0.309 e. The van der Waals surface area contributed by atoms with Crippen LogP contribution in [0, 0.1) is 13.8 Å². The first-order valence-electron chi connectivity index (χ1n) is 27.6. The molecule has 0 amide bonds. The van der Waals surface area contributed by atoms with Crippen molar-refractivity contribution in [1.82, 2.24) is 0 Å². The monoisotopic (exact) mass is 949 g/mol. The van der Waals surface area contributed by atoms with Gasteiger partial charge in [-0.15, -0.1) is 0 Å². The fraction of sp³-hybridized carbons (Fsp3) is 0.268. The van der Waals surface area contributed by atoms with E-state index in [0.717, 1.165) is 6.42 Å². The molecule has 2 heteroatoms. The highest BCUT2D eigenvalue weighted by atomic mass is 15.2. The van der Waals surface area contributed by atoms with Crippen LogP contribution in [0.2, 0.25) is 0 Å². The van der Waals surface area contributed by atoms with Gasteiger partial charge in [-0.25, -0.2) is 0 Å². The fourth-order valence-corrected chi connectivity index (χ4v) is 13.4. The first-order valence-corrected chi connectivity index (χ1v) is 27.6. The average molecular weight is 949 g/mol. The highest BCUT2D eigenvalue weighted by molar-refractivity contribution is 6.29. The summed E-state index contributed by atoms with van der Waals surface area (Å²) < 4.78 is 0. The summed E-state index contributed by atoms with van der Waals surface area (Å²) in [4.78, 5) is 5.37. The van der Waals surface area contributed by atoms with Crippen LogP contribution in [0.4, 0.5) is 34.1 Å². The first kappa shape index (κ1) is 45.7. The van der Waals surface area contributed by atoms with Crippen LogP contribution in [-0.2, 0) is 11.8 Å². The van der Waals surface area contributed by atoms with Crippen molar-refractivity contribution in [2.24, 2.45) is 0 Å². The molecular formula is C71H68N2. The zero-order chi connectivity index (χ0) is 49.4. The minimum absolute atomic E-state index is 0.00905. The van der Waals surface area contributed by atoms with Crippen LogP contribution in [0.25, 0.3) is 54.6 Å². The van der Waals surface area contributed by atoms with E-state index in [4.69, 9.17) is 0 Å². The van der Waals surface area contributed by atoms with E-state index in [1.807, 2.05) is 0 Å². The van der Waals surface area contributed by atoms with Gasteiger partial charge in [-0.1, -0.05) is 193 Å². The van der Waals surface area contributed by atoms with Crippen molar-refractivity contribution in [3.63, 3.8) is 0 Å². The maximum Gasteiger partial charge on any atom is 0.0561 e. The quantitative estimate of drug-likeness (QED) is 0.153. The molecule has 0 atom stereocenters. The lowest BCUT2D eigenvalue weighted by Gasteiger charge is -2.36. The molecule has 10 aromatic carbocycles. The molecule has 0 radical (unpaired) electrons. The molecule has 1 aliphatic heterocycles.